The minimum Gasteiger partial charge on any atom is -0.299 e. The second-order valence-corrected chi connectivity index (χ2v) is 5.91. The third-order valence-corrected chi connectivity index (χ3v) is 4.11. The molecule has 1 heterocycles. The summed E-state index contributed by atoms with van der Waals surface area (Å²) in [7, 11) is 3.69. The van der Waals surface area contributed by atoms with Crippen molar-refractivity contribution >= 4 is 34.0 Å². The van der Waals surface area contributed by atoms with Gasteiger partial charge in [0.1, 0.15) is 0 Å². The maximum Gasteiger partial charge on any atom is 0.243 e. The van der Waals surface area contributed by atoms with E-state index in [1.165, 1.54) is 11.3 Å². The SMILES string of the molecule is CC(C(=O)Nc1nnc(-c2ccccc2Cl)s1)N(C)C. The van der Waals surface area contributed by atoms with Crippen LogP contribution in [0.4, 0.5) is 5.13 Å². The monoisotopic (exact) mass is 310 g/mol. The van der Waals surface area contributed by atoms with Crippen LogP contribution in [-0.2, 0) is 4.79 Å². The molecule has 0 aliphatic rings. The molecule has 2 rings (SSSR count). The van der Waals surface area contributed by atoms with Crippen LogP contribution in [0.1, 0.15) is 6.92 Å². The second-order valence-electron chi connectivity index (χ2n) is 4.52. The minimum atomic E-state index is -0.234. The van der Waals surface area contributed by atoms with Crippen LogP contribution in [0.25, 0.3) is 10.6 Å². The van der Waals surface area contributed by atoms with Gasteiger partial charge in [-0.15, -0.1) is 10.2 Å². The van der Waals surface area contributed by atoms with Gasteiger partial charge < -0.3 is 0 Å². The summed E-state index contributed by atoms with van der Waals surface area (Å²) in [6.07, 6.45) is 0. The molecule has 0 radical (unpaired) electrons. The van der Waals surface area contributed by atoms with Crippen molar-refractivity contribution in [3.8, 4) is 10.6 Å². The fraction of sp³-hybridized carbons (Fsp3) is 0.308. The Morgan fingerprint density at radius 1 is 1.35 bits per heavy atom. The average molecular weight is 311 g/mol. The predicted octanol–water partition coefficient (Wildman–Crippen LogP) is 2.75. The number of anilines is 1. The van der Waals surface area contributed by atoms with Crippen LogP contribution in [-0.4, -0.2) is 41.1 Å². The van der Waals surface area contributed by atoms with Crippen LogP contribution in [0.3, 0.4) is 0 Å². The van der Waals surface area contributed by atoms with E-state index in [1.54, 1.807) is 6.07 Å². The van der Waals surface area contributed by atoms with Crippen molar-refractivity contribution in [2.75, 3.05) is 19.4 Å². The number of amides is 1. The first-order valence-corrected chi connectivity index (χ1v) is 7.24. The van der Waals surface area contributed by atoms with Gasteiger partial charge in [-0.25, -0.2) is 0 Å². The third kappa shape index (κ3) is 3.33. The molecule has 0 aliphatic carbocycles. The van der Waals surface area contributed by atoms with Crippen molar-refractivity contribution in [3.63, 3.8) is 0 Å². The Bertz CT molecular complexity index is 614. The van der Waals surface area contributed by atoms with Gasteiger partial charge in [0, 0.05) is 5.56 Å². The Kier molecular flexibility index (Phi) is 4.69. The molecule has 0 fully saturated rings. The molecule has 1 N–H and O–H groups in total. The van der Waals surface area contributed by atoms with Crippen molar-refractivity contribution in [3.05, 3.63) is 29.3 Å². The van der Waals surface area contributed by atoms with Crippen LogP contribution in [0.15, 0.2) is 24.3 Å². The number of nitrogens with one attached hydrogen (secondary N) is 1. The third-order valence-electron chi connectivity index (χ3n) is 2.91. The summed E-state index contributed by atoms with van der Waals surface area (Å²) >= 11 is 7.41. The number of rotatable bonds is 4. The van der Waals surface area contributed by atoms with E-state index >= 15 is 0 Å². The molecule has 0 aliphatic heterocycles. The van der Waals surface area contributed by atoms with Gasteiger partial charge in [-0.1, -0.05) is 41.1 Å². The van der Waals surface area contributed by atoms with E-state index < -0.39 is 0 Å². The molecular weight excluding hydrogens is 296 g/mol. The molecule has 2 aromatic rings. The second kappa shape index (κ2) is 6.30. The Balaban J connectivity index is 2.14. The van der Waals surface area contributed by atoms with Gasteiger partial charge >= 0.3 is 0 Å². The molecule has 1 unspecified atom stereocenters. The number of benzene rings is 1. The quantitative estimate of drug-likeness (QED) is 0.943. The zero-order valence-electron chi connectivity index (χ0n) is 11.4. The molecule has 20 heavy (non-hydrogen) atoms. The largest absolute Gasteiger partial charge is 0.299 e. The topological polar surface area (TPSA) is 58.1 Å². The Morgan fingerprint density at radius 3 is 2.70 bits per heavy atom. The summed E-state index contributed by atoms with van der Waals surface area (Å²) in [6.45, 7) is 1.82. The van der Waals surface area contributed by atoms with E-state index in [4.69, 9.17) is 11.6 Å². The summed E-state index contributed by atoms with van der Waals surface area (Å²) in [5, 5.41) is 12.6. The summed E-state index contributed by atoms with van der Waals surface area (Å²) in [6, 6.07) is 7.17. The lowest BCUT2D eigenvalue weighted by molar-refractivity contribution is -0.119. The Labute approximate surface area is 126 Å². The highest BCUT2D eigenvalue weighted by molar-refractivity contribution is 7.18. The maximum atomic E-state index is 11.9. The first-order chi connectivity index (χ1) is 9.49. The first-order valence-electron chi connectivity index (χ1n) is 6.04. The van der Waals surface area contributed by atoms with Crippen molar-refractivity contribution in [1.29, 1.82) is 0 Å². The van der Waals surface area contributed by atoms with Crippen molar-refractivity contribution in [1.82, 2.24) is 15.1 Å². The zero-order chi connectivity index (χ0) is 14.7. The zero-order valence-corrected chi connectivity index (χ0v) is 13.0. The summed E-state index contributed by atoms with van der Waals surface area (Å²) < 4.78 is 0. The normalized spacial score (nSPS) is 12.4. The van der Waals surface area contributed by atoms with Crippen LogP contribution in [0.2, 0.25) is 5.02 Å². The van der Waals surface area contributed by atoms with Crippen molar-refractivity contribution < 1.29 is 4.79 Å². The van der Waals surface area contributed by atoms with Gasteiger partial charge in [0.05, 0.1) is 11.1 Å². The molecule has 0 spiro atoms. The number of halogens is 1. The molecule has 7 heteroatoms. The highest BCUT2D eigenvalue weighted by Crippen LogP contribution is 2.31. The standard InChI is InChI=1S/C13H15ClN4OS/c1-8(18(2)3)11(19)15-13-17-16-12(20-13)9-6-4-5-7-10(9)14/h4-8H,1-3H3,(H,15,17,19). The molecule has 1 aromatic heterocycles. The number of likely N-dealkylation sites (N-methyl/N-ethyl adjacent to an activating group) is 1. The number of hydrogen-bond donors (Lipinski definition) is 1. The molecule has 0 bridgehead atoms. The summed E-state index contributed by atoms with van der Waals surface area (Å²) in [5.41, 5.74) is 0.813. The van der Waals surface area contributed by atoms with Gasteiger partial charge in [-0.2, -0.15) is 0 Å². The van der Waals surface area contributed by atoms with E-state index in [9.17, 15) is 4.79 Å². The number of hydrogen-bond acceptors (Lipinski definition) is 5. The van der Waals surface area contributed by atoms with E-state index in [-0.39, 0.29) is 11.9 Å². The fourth-order valence-corrected chi connectivity index (χ4v) is 2.53. The Hall–Kier alpha value is -1.50. The van der Waals surface area contributed by atoms with Gasteiger partial charge in [-0.05, 0) is 27.1 Å². The van der Waals surface area contributed by atoms with Gasteiger partial charge in [0.2, 0.25) is 11.0 Å². The number of carbonyl (C=O) groups is 1. The van der Waals surface area contributed by atoms with Crippen LogP contribution < -0.4 is 5.32 Å². The molecule has 106 valence electrons. The molecule has 0 saturated carbocycles. The van der Waals surface area contributed by atoms with Crippen molar-refractivity contribution in [2.24, 2.45) is 0 Å². The number of nitrogens with zero attached hydrogens (tertiary/aromatic N) is 3. The van der Waals surface area contributed by atoms with Gasteiger partial charge in [0.25, 0.3) is 0 Å². The van der Waals surface area contributed by atoms with Crippen LogP contribution in [0, 0.1) is 0 Å². The van der Waals surface area contributed by atoms with E-state index in [0.29, 0.717) is 15.2 Å². The summed E-state index contributed by atoms with van der Waals surface area (Å²) in [5.74, 6) is -0.114. The molecule has 1 atom stereocenters. The molecule has 1 amide bonds. The molecule has 1 aromatic carbocycles. The smallest absolute Gasteiger partial charge is 0.243 e. The van der Waals surface area contributed by atoms with E-state index in [0.717, 1.165) is 5.56 Å². The lowest BCUT2D eigenvalue weighted by Crippen LogP contribution is -2.37. The van der Waals surface area contributed by atoms with Crippen molar-refractivity contribution in [2.45, 2.75) is 13.0 Å². The van der Waals surface area contributed by atoms with Crippen LogP contribution in [0.5, 0.6) is 0 Å². The molecule has 0 saturated heterocycles. The number of aromatic nitrogens is 2. The molecule has 5 nitrogen and oxygen atoms in total. The van der Waals surface area contributed by atoms with Crippen LogP contribution >= 0.6 is 22.9 Å². The predicted molar refractivity (Wildman–Crippen MR) is 82.1 cm³/mol. The highest BCUT2D eigenvalue weighted by atomic mass is 35.5. The number of carbonyl (C=O) groups excluding carboxylic acids is 1. The minimum absolute atomic E-state index is 0.114. The van der Waals surface area contributed by atoms with E-state index in [2.05, 4.69) is 15.5 Å². The Morgan fingerprint density at radius 2 is 2.05 bits per heavy atom. The van der Waals surface area contributed by atoms with Gasteiger partial charge in [-0.3, -0.25) is 15.0 Å². The fourth-order valence-electron chi connectivity index (χ4n) is 1.46. The average Bonchev–Trinajstić information content (AvgIpc) is 2.86. The van der Waals surface area contributed by atoms with Gasteiger partial charge in [0.15, 0.2) is 5.01 Å². The maximum absolute atomic E-state index is 11.9. The highest BCUT2D eigenvalue weighted by Gasteiger charge is 2.17. The van der Waals surface area contributed by atoms with E-state index in [1.807, 2.05) is 44.1 Å². The summed E-state index contributed by atoms with van der Waals surface area (Å²) in [4.78, 5) is 13.8. The molecular formula is C13H15ClN4OS. The lowest BCUT2D eigenvalue weighted by Gasteiger charge is -2.17. The first kappa shape index (κ1) is 14.9. The lowest BCUT2D eigenvalue weighted by atomic mass is 10.2.